The number of nitrogens with zero attached hydrogens (tertiary/aromatic N) is 2. The van der Waals surface area contributed by atoms with Gasteiger partial charge in [-0.05, 0) is 25.0 Å². The molecule has 1 aromatic carbocycles. The number of benzene rings is 1. The molecule has 3 rings (SSSR count). The maximum Gasteiger partial charge on any atom is 0.436 e. The van der Waals surface area contributed by atoms with Crippen molar-refractivity contribution in [3.63, 3.8) is 0 Å². The lowest BCUT2D eigenvalue weighted by atomic mass is 10.1. The summed E-state index contributed by atoms with van der Waals surface area (Å²) in [6.07, 6.45) is -8.43. The van der Waals surface area contributed by atoms with E-state index < -0.39 is 40.2 Å². The van der Waals surface area contributed by atoms with E-state index in [2.05, 4.69) is 10.4 Å². The first kappa shape index (κ1) is 20.5. The molecule has 11 heteroatoms. The van der Waals surface area contributed by atoms with Gasteiger partial charge in [0.25, 0.3) is 0 Å². The third-order valence-electron chi connectivity index (χ3n) is 4.22. The number of hydrogen-bond donors (Lipinski definition) is 1. The molecule has 0 aliphatic heterocycles. The van der Waals surface area contributed by atoms with Gasteiger partial charge in [-0.25, -0.2) is 0 Å². The smallest absolute Gasteiger partial charge is 0.325 e. The summed E-state index contributed by atoms with van der Waals surface area (Å²) >= 11 is 5.84. The Morgan fingerprint density at radius 3 is 2.36 bits per heavy atom. The molecule has 4 nitrogen and oxygen atoms in total. The Bertz CT molecular complexity index is 886. The lowest BCUT2D eigenvalue weighted by Gasteiger charge is -2.13. The van der Waals surface area contributed by atoms with E-state index in [4.69, 9.17) is 11.6 Å². The van der Waals surface area contributed by atoms with Crippen LogP contribution in [0.5, 0.6) is 0 Å². The first-order chi connectivity index (χ1) is 13.0. The van der Waals surface area contributed by atoms with Crippen LogP contribution < -0.4 is 5.32 Å². The maximum atomic E-state index is 13.0. The second-order valence-corrected chi connectivity index (χ2v) is 6.76. The lowest BCUT2D eigenvalue weighted by Crippen LogP contribution is -2.19. The van der Waals surface area contributed by atoms with Gasteiger partial charge in [0.15, 0.2) is 5.69 Å². The van der Waals surface area contributed by atoms with Crippen LogP contribution in [0.1, 0.15) is 42.1 Å². The highest BCUT2D eigenvalue weighted by atomic mass is 35.5. The van der Waals surface area contributed by atoms with Crippen LogP contribution in [-0.2, 0) is 23.7 Å². The zero-order valence-electron chi connectivity index (χ0n) is 14.2. The summed E-state index contributed by atoms with van der Waals surface area (Å²) in [6, 6.07) is 4.44. The summed E-state index contributed by atoms with van der Waals surface area (Å²) in [5, 5.41) is 5.14. The van der Waals surface area contributed by atoms with Crippen LogP contribution >= 0.6 is 11.6 Å². The Balaban J connectivity index is 1.74. The van der Waals surface area contributed by atoms with Crippen molar-refractivity contribution in [1.82, 2.24) is 9.78 Å². The van der Waals surface area contributed by atoms with Crippen LogP contribution in [0.4, 0.5) is 32.0 Å². The predicted octanol–water partition coefficient (Wildman–Crippen LogP) is 5.48. The fourth-order valence-electron chi connectivity index (χ4n) is 2.81. The number of alkyl halides is 6. The van der Waals surface area contributed by atoms with Crippen LogP contribution in [-0.4, -0.2) is 15.7 Å². The average Bonchev–Trinajstić information content (AvgIpc) is 3.34. The van der Waals surface area contributed by atoms with E-state index in [9.17, 15) is 31.1 Å². The van der Waals surface area contributed by atoms with Gasteiger partial charge in [-0.2, -0.15) is 31.4 Å². The van der Waals surface area contributed by atoms with Crippen LogP contribution in [0.15, 0.2) is 24.3 Å². The molecular weight excluding hydrogens is 412 g/mol. The molecule has 0 atom stereocenters. The SMILES string of the molecule is O=C(CCn1nc(C(F)(F)F)c(Cl)c1C1CC1)Nc1ccccc1C(F)(F)F. The minimum absolute atomic E-state index is 0.162. The minimum Gasteiger partial charge on any atom is -0.325 e. The molecule has 1 heterocycles. The highest BCUT2D eigenvalue weighted by Crippen LogP contribution is 2.47. The van der Waals surface area contributed by atoms with Crippen LogP contribution in [0.3, 0.4) is 0 Å². The van der Waals surface area contributed by atoms with Crippen LogP contribution in [0.2, 0.25) is 5.02 Å². The van der Waals surface area contributed by atoms with Crippen molar-refractivity contribution in [1.29, 1.82) is 0 Å². The molecule has 1 amide bonds. The van der Waals surface area contributed by atoms with Gasteiger partial charge in [-0.1, -0.05) is 23.7 Å². The summed E-state index contributed by atoms with van der Waals surface area (Å²) in [5.74, 6) is -0.941. The fraction of sp³-hybridized carbons (Fsp3) is 0.412. The van der Waals surface area contributed by atoms with Gasteiger partial charge in [0.2, 0.25) is 5.91 Å². The molecule has 0 saturated heterocycles. The van der Waals surface area contributed by atoms with Gasteiger partial charge in [0.05, 0.1) is 28.5 Å². The molecular formula is C17H14ClF6N3O. The maximum absolute atomic E-state index is 13.0. The predicted molar refractivity (Wildman–Crippen MR) is 88.9 cm³/mol. The summed E-state index contributed by atoms with van der Waals surface area (Å²) in [4.78, 5) is 12.1. The highest BCUT2D eigenvalue weighted by Gasteiger charge is 2.42. The van der Waals surface area contributed by atoms with Gasteiger partial charge in [0.1, 0.15) is 0 Å². The van der Waals surface area contributed by atoms with E-state index in [1.807, 2.05) is 0 Å². The van der Waals surface area contributed by atoms with E-state index in [0.29, 0.717) is 12.8 Å². The molecule has 0 unspecified atom stereocenters. The Labute approximate surface area is 160 Å². The molecule has 0 bridgehead atoms. The van der Waals surface area contributed by atoms with Crippen molar-refractivity contribution in [2.24, 2.45) is 0 Å². The quantitative estimate of drug-likeness (QED) is 0.645. The molecule has 1 aliphatic carbocycles. The summed E-state index contributed by atoms with van der Waals surface area (Å²) in [6.45, 7) is -0.234. The normalized spacial score (nSPS) is 15.0. The van der Waals surface area contributed by atoms with Crippen molar-refractivity contribution in [3.05, 3.63) is 46.2 Å². The van der Waals surface area contributed by atoms with Gasteiger partial charge in [-0.3, -0.25) is 9.48 Å². The lowest BCUT2D eigenvalue weighted by molar-refractivity contribution is -0.141. The number of nitrogens with one attached hydrogen (secondary N) is 1. The van der Waals surface area contributed by atoms with Crippen molar-refractivity contribution in [2.75, 3.05) is 5.32 Å². The Morgan fingerprint density at radius 1 is 1.14 bits per heavy atom. The third kappa shape index (κ3) is 4.43. The van der Waals surface area contributed by atoms with Crippen molar-refractivity contribution in [3.8, 4) is 0 Å². The molecule has 28 heavy (non-hydrogen) atoms. The minimum atomic E-state index is -4.74. The molecule has 0 spiro atoms. The third-order valence-corrected chi connectivity index (χ3v) is 4.59. The highest BCUT2D eigenvalue weighted by molar-refractivity contribution is 6.32. The standard InChI is InChI=1S/C17H14ClF6N3O/c18-13-14(9-5-6-9)27(26-15(13)17(22,23)24)8-7-12(28)25-11-4-2-1-3-10(11)16(19,20)21/h1-4,9H,5-8H2,(H,25,28). The zero-order valence-corrected chi connectivity index (χ0v) is 14.9. The van der Waals surface area contributed by atoms with Crippen LogP contribution in [0, 0.1) is 0 Å². The first-order valence-corrected chi connectivity index (χ1v) is 8.65. The van der Waals surface area contributed by atoms with Gasteiger partial charge < -0.3 is 5.32 Å². The summed E-state index contributed by atoms with van der Waals surface area (Å²) < 4.78 is 79.0. The monoisotopic (exact) mass is 425 g/mol. The van der Waals surface area contributed by atoms with Gasteiger partial charge in [0, 0.05) is 12.3 Å². The molecule has 1 aromatic heterocycles. The number of carbonyl (C=O) groups excluding carboxylic acids is 1. The fourth-order valence-corrected chi connectivity index (χ4v) is 3.21. The Hall–Kier alpha value is -2.23. The van der Waals surface area contributed by atoms with E-state index in [0.717, 1.165) is 16.8 Å². The first-order valence-electron chi connectivity index (χ1n) is 8.28. The van der Waals surface area contributed by atoms with Crippen molar-refractivity contribution < 1.29 is 31.1 Å². The van der Waals surface area contributed by atoms with E-state index in [-0.39, 0.29) is 24.6 Å². The molecule has 1 aliphatic rings. The number of anilines is 1. The Kier molecular flexibility index (Phi) is 5.35. The second-order valence-electron chi connectivity index (χ2n) is 6.38. The molecule has 1 saturated carbocycles. The van der Waals surface area contributed by atoms with Gasteiger partial charge >= 0.3 is 12.4 Å². The molecule has 1 N–H and O–H groups in total. The molecule has 1 fully saturated rings. The number of aromatic nitrogens is 2. The van der Waals surface area contributed by atoms with Crippen molar-refractivity contribution in [2.45, 2.75) is 44.1 Å². The zero-order chi connectivity index (χ0) is 20.7. The average molecular weight is 426 g/mol. The van der Waals surface area contributed by atoms with Crippen LogP contribution in [0.25, 0.3) is 0 Å². The number of amides is 1. The van der Waals surface area contributed by atoms with Crippen molar-refractivity contribution >= 4 is 23.2 Å². The van der Waals surface area contributed by atoms with Gasteiger partial charge in [-0.15, -0.1) is 0 Å². The molecule has 152 valence electrons. The largest absolute Gasteiger partial charge is 0.436 e. The molecule has 0 radical (unpaired) electrons. The Morgan fingerprint density at radius 2 is 1.79 bits per heavy atom. The molecule has 2 aromatic rings. The number of rotatable bonds is 5. The topological polar surface area (TPSA) is 46.9 Å². The summed E-state index contributed by atoms with van der Waals surface area (Å²) in [5.41, 5.74) is -2.45. The number of hydrogen-bond acceptors (Lipinski definition) is 2. The second kappa shape index (κ2) is 7.31. The van der Waals surface area contributed by atoms with E-state index in [1.165, 1.54) is 12.1 Å². The summed E-state index contributed by atoms with van der Waals surface area (Å²) in [7, 11) is 0. The van der Waals surface area contributed by atoms with E-state index >= 15 is 0 Å². The number of para-hydroxylation sites is 1. The van der Waals surface area contributed by atoms with E-state index in [1.54, 1.807) is 0 Å². The number of carbonyl (C=O) groups is 1. The number of halogens is 7. The number of aryl methyl sites for hydroxylation is 1.